The van der Waals surface area contributed by atoms with E-state index in [1.54, 1.807) is 17.0 Å². The van der Waals surface area contributed by atoms with Crippen molar-refractivity contribution < 1.29 is 18.3 Å². The molecule has 0 amide bonds. The minimum absolute atomic E-state index is 0.303. The number of hydrogen-bond acceptors (Lipinski definition) is 2. The molecule has 5 heteroatoms. The Bertz CT molecular complexity index is 637. The summed E-state index contributed by atoms with van der Waals surface area (Å²) < 4.78 is 38.1. The number of halogens is 3. The van der Waals surface area contributed by atoms with Gasteiger partial charge in [0.25, 0.3) is 0 Å². The maximum Gasteiger partial charge on any atom is 0.416 e. The summed E-state index contributed by atoms with van der Waals surface area (Å²) in [5, 5.41) is 9.44. The van der Waals surface area contributed by atoms with Crippen LogP contribution in [0.5, 0.6) is 0 Å². The smallest absolute Gasteiger partial charge is 0.382 e. The van der Waals surface area contributed by atoms with Gasteiger partial charge in [-0.05, 0) is 31.5 Å². The third kappa shape index (κ3) is 4.99. The van der Waals surface area contributed by atoms with Gasteiger partial charge < -0.3 is 10.0 Å². The fourth-order valence-electron chi connectivity index (χ4n) is 2.36. The van der Waals surface area contributed by atoms with Crippen molar-refractivity contribution in [2.24, 2.45) is 0 Å². The minimum Gasteiger partial charge on any atom is -0.382 e. The largest absolute Gasteiger partial charge is 0.416 e. The van der Waals surface area contributed by atoms with Gasteiger partial charge in [-0.25, -0.2) is 0 Å². The monoisotopic (exact) mass is 323 g/mol. The van der Waals surface area contributed by atoms with E-state index in [0.717, 1.165) is 16.7 Å². The van der Waals surface area contributed by atoms with Crippen molar-refractivity contribution in [2.45, 2.75) is 32.7 Å². The molecule has 1 N–H and O–H groups in total. The number of aliphatic hydroxyl groups is 1. The molecule has 1 atom stereocenters. The first-order chi connectivity index (χ1) is 10.8. The van der Waals surface area contributed by atoms with Crippen LogP contribution in [0.2, 0.25) is 0 Å². The molecule has 0 aliphatic heterocycles. The van der Waals surface area contributed by atoms with Crippen LogP contribution in [0.4, 0.5) is 18.9 Å². The van der Waals surface area contributed by atoms with Crippen molar-refractivity contribution in [3.05, 3.63) is 65.2 Å². The highest BCUT2D eigenvalue weighted by atomic mass is 19.4. The van der Waals surface area contributed by atoms with E-state index in [1.807, 2.05) is 50.2 Å². The molecular weight excluding hydrogens is 303 g/mol. The van der Waals surface area contributed by atoms with Crippen LogP contribution in [-0.2, 0) is 6.54 Å². The molecule has 2 nitrogen and oxygen atoms in total. The van der Waals surface area contributed by atoms with Crippen LogP contribution in [0.3, 0.4) is 0 Å². The summed E-state index contributed by atoms with van der Waals surface area (Å²) in [7, 11) is 0. The Balaban J connectivity index is 2.25. The molecule has 0 radical (unpaired) electrons. The Morgan fingerprint density at radius 1 is 1.00 bits per heavy atom. The molecule has 0 bridgehead atoms. The molecule has 2 aromatic rings. The normalized spacial score (nSPS) is 13.0. The van der Waals surface area contributed by atoms with Crippen LogP contribution in [0.1, 0.15) is 16.7 Å². The van der Waals surface area contributed by atoms with Crippen molar-refractivity contribution in [1.82, 2.24) is 0 Å². The highest BCUT2D eigenvalue weighted by Crippen LogP contribution is 2.25. The number of rotatable bonds is 5. The predicted octanol–water partition coefficient (Wildman–Crippen LogP) is 4.23. The molecule has 0 aliphatic rings. The van der Waals surface area contributed by atoms with Crippen molar-refractivity contribution in [3.8, 4) is 0 Å². The highest BCUT2D eigenvalue weighted by molar-refractivity contribution is 5.48. The van der Waals surface area contributed by atoms with Crippen LogP contribution in [0.25, 0.3) is 0 Å². The van der Waals surface area contributed by atoms with E-state index in [2.05, 4.69) is 0 Å². The van der Waals surface area contributed by atoms with Gasteiger partial charge in [-0.15, -0.1) is 0 Å². The van der Waals surface area contributed by atoms with Gasteiger partial charge in [0.1, 0.15) is 0 Å². The molecule has 0 spiro atoms. The standard InChI is InChI=1S/C18H20F3NO/c1-13-6-8-16(9-7-13)22(12-17(23)18(19,20)21)11-15-5-3-4-14(2)10-15/h3-10,17,23H,11-12H2,1-2H3. The van der Waals surface area contributed by atoms with E-state index in [4.69, 9.17) is 0 Å². The Labute approximate surface area is 134 Å². The number of hydrogen-bond donors (Lipinski definition) is 1. The average molecular weight is 323 g/mol. The Kier molecular flexibility index (Phi) is 5.31. The van der Waals surface area contributed by atoms with Gasteiger partial charge in [0.2, 0.25) is 0 Å². The van der Waals surface area contributed by atoms with Crippen molar-refractivity contribution in [3.63, 3.8) is 0 Å². The van der Waals surface area contributed by atoms with Crippen LogP contribution in [-0.4, -0.2) is 23.9 Å². The van der Waals surface area contributed by atoms with Crippen molar-refractivity contribution >= 4 is 5.69 Å². The lowest BCUT2D eigenvalue weighted by atomic mass is 10.1. The van der Waals surface area contributed by atoms with Crippen LogP contribution in [0, 0.1) is 13.8 Å². The number of aliphatic hydroxyl groups excluding tert-OH is 1. The average Bonchev–Trinajstić information content (AvgIpc) is 2.46. The van der Waals surface area contributed by atoms with Crippen molar-refractivity contribution in [1.29, 1.82) is 0 Å². The maximum absolute atomic E-state index is 12.7. The van der Waals surface area contributed by atoms with Gasteiger partial charge in [-0.1, -0.05) is 47.5 Å². The number of alkyl halides is 3. The van der Waals surface area contributed by atoms with Crippen molar-refractivity contribution in [2.75, 3.05) is 11.4 Å². The van der Waals surface area contributed by atoms with Gasteiger partial charge in [-0.2, -0.15) is 13.2 Å². The first-order valence-electron chi connectivity index (χ1n) is 7.37. The van der Waals surface area contributed by atoms with Crippen LogP contribution < -0.4 is 4.90 Å². The molecule has 0 aromatic heterocycles. The van der Waals surface area contributed by atoms with E-state index >= 15 is 0 Å². The summed E-state index contributed by atoms with van der Waals surface area (Å²) in [5.74, 6) is 0. The Morgan fingerprint density at radius 3 is 2.22 bits per heavy atom. The maximum atomic E-state index is 12.7. The second kappa shape index (κ2) is 7.04. The zero-order valence-electron chi connectivity index (χ0n) is 13.1. The zero-order chi connectivity index (χ0) is 17.0. The topological polar surface area (TPSA) is 23.5 Å². The van der Waals surface area contributed by atoms with Gasteiger partial charge >= 0.3 is 6.18 Å². The van der Waals surface area contributed by atoms with E-state index in [9.17, 15) is 18.3 Å². The lowest BCUT2D eigenvalue weighted by molar-refractivity contribution is -0.200. The van der Waals surface area contributed by atoms with E-state index in [-0.39, 0.29) is 0 Å². The molecule has 0 saturated heterocycles. The number of anilines is 1. The number of aryl methyl sites for hydroxylation is 2. The second-order valence-electron chi connectivity index (χ2n) is 5.76. The lowest BCUT2D eigenvalue weighted by Gasteiger charge is -2.28. The summed E-state index contributed by atoms with van der Waals surface area (Å²) >= 11 is 0. The van der Waals surface area contributed by atoms with E-state index in [1.165, 1.54) is 0 Å². The predicted molar refractivity (Wildman–Crippen MR) is 85.5 cm³/mol. The molecule has 2 rings (SSSR count). The van der Waals surface area contributed by atoms with E-state index in [0.29, 0.717) is 12.2 Å². The fourth-order valence-corrected chi connectivity index (χ4v) is 2.36. The first-order valence-corrected chi connectivity index (χ1v) is 7.37. The van der Waals surface area contributed by atoms with Gasteiger partial charge in [0, 0.05) is 12.2 Å². The lowest BCUT2D eigenvalue weighted by Crippen LogP contribution is -2.40. The summed E-state index contributed by atoms with van der Waals surface area (Å²) in [6.07, 6.45) is -7.01. The molecule has 2 aromatic carbocycles. The molecular formula is C18H20F3NO. The summed E-state index contributed by atoms with van der Waals surface area (Å²) in [5.41, 5.74) is 3.63. The molecule has 0 saturated carbocycles. The quantitative estimate of drug-likeness (QED) is 0.890. The summed E-state index contributed by atoms with van der Waals surface area (Å²) in [4.78, 5) is 1.55. The molecule has 23 heavy (non-hydrogen) atoms. The Morgan fingerprint density at radius 2 is 1.65 bits per heavy atom. The van der Waals surface area contributed by atoms with Crippen LogP contribution >= 0.6 is 0 Å². The summed E-state index contributed by atoms with van der Waals surface area (Å²) in [6, 6.07) is 14.8. The minimum atomic E-state index is -4.63. The molecule has 124 valence electrons. The fraction of sp³-hybridized carbons (Fsp3) is 0.333. The van der Waals surface area contributed by atoms with E-state index < -0.39 is 18.8 Å². The van der Waals surface area contributed by atoms with Gasteiger partial charge in [0.15, 0.2) is 6.10 Å². The third-order valence-corrected chi connectivity index (χ3v) is 3.63. The SMILES string of the molecule is Cc1ccc(N(Cc2cccc(C)c2)CC(O)C(F)(F)F)cc1. The zero-order valence-corrected chi connectivity index (χ0v) is 13.1. The second-order valence-corrected chi connectivity index (χ2v) is 5.76. The first kappa shape index (κ1) is 17.3. The molecule has 1 unspecified atom stereocenters. The third-order valence-electron chi connectivity index (χ3n) is 3.63. The van der Waals surface area contributed by atoms with Gasteiger partial charge in [0.05, 0.1) is 6.54 Å². The Hall–Kier alpha value is -2.01. The highest BCUT2D eigenvalue weighted by Gasteiger charge is 2.39. The molecule has 0 heterocycles. The molecule has 0 fully saturated rings. The molecule has 0 aliphatic carbocycles. The van der Waals surface area contributed by atoms with Gasteiger partial charge in [-0.3, -0.25) is 0 Å². The number of benzene rings is 2. The number of nitrogens with zero attached hydrogens (tertiary/aromatic N) is 1. The van der Waals surface area contributed by atoms with Crippen LogP contribution in [0.15, 0.2) is 48.5 Å². The summed E-state index contributed by atoms with van der Waals surface area (Å²) in [6.45, 7) is 3.65.